The van der Waals surface area contributed by atoms with Crippen molar-refractivity contribution < 1.29 is 9.13 Å². The van der Waals surface area contributed by atoms with Crippen LogP contribution in [0.4, 0.5) is 10.1 Å². The number of anilines is 1. The molecule has 3 aliphatic carbocycles. The van der Waals surface area contributed by atoms with Gasteiger partial charge in [-0.1, -0.05) is 26.8 Å². The number of nitrogens with one attached hydrogen (secondary N) is 3. The predicted molar refractivity (Wildman–Crippen MR) is 173 cm³/mol. The van der Waals surface area contributed by atoms with E-state index in [-0.39, 0.29) is 19.0 Å². The van der Waals surface area contributed by atoms with Gasteiger partial charge in [0.1, 0.15) is 11.6 Å². The molecule has 2 bridgehead atoms. The van der Waals surface area contributed by atoms with Crippen molar-refractivity contribution in [1.82, 2.24) is 19.8 Å². The number of guanidine groups is 1. The number of fused-ring (bicyclic) bond motifs is 3. The summed E-state index contributed by atoms with van der Waals surface area (Å²) in [6, 6.07) is 10.9. The van der Waals surface area contributed by atoms with E-state index in [1.54, 1.807) is 24.3 Å². The van der Waals surface area contributed by atoms with E-state index in [9.17, 15) is 14.0 Å². The quantitative estimate of drug-likeness (QED) is 0.281. The number of hydrogen-bond donors (Lipinski definition) is 3. The first kappa shape index (κ1) is 30.4. The lowest BCUT2D eigenvalue weighted by atomic mass is 9.45. The van der Waals surface area contributed by atoms with E-state index in [2.05, 4.69) is 55.1 Å². The molecule has 6 atom stereocenters. The Bertz CT molecular complexity index is 1690. The van der Waals surface area contributed by atoms with Gasteiger partial charge in [0.05, 0.1) is 24.1 Å². The van der Waals surface area contributed by atoms with Gasteiger partial charge < -0.3 is 25.3 Å². The average Bonchev–Trinajstić information content (AvgIpc) is 2.97. The van der Waals surface area contributed by atoms with E-state index in [4.69, 9.17) is 9.73 Å². The summed E-state index contributed by atoms with van der Waals surface area (Å²) in [5.74, 6) is 2.72. The normalized spacial score (nSPS) is 28.1. The second-order valence-electron chi connectivity index (χ2n) is 13.8. The summed E-state index contributed by atoms with van der Waals surface area (Å²) in [5, 5.41) is 7.59. The fourth-order valence-corrected chi connectivity index (χ4v) is 7.90. The zero-order chi connectivity index (χ0) is 31.3. The number of aryl methyl sites for hydroxylation is 1. The standard InChI is InChI=1S/C34H45FN6O3/c1-19-17-40(18-20(2)36-19)32(38-29-14-23-13-27(21(29)3)34(23,4)5)37-24-8-10-26-30(15-24)39-33(43)41(31(26)42)12-11-22-7-9-25(44-6)16-28(22)35/h7-10,15-16,19-21,23,27,29,36H,11-14,17-18H2,1-6H3,(H,37,38)(H,39,43)/t19-,20+,21-,23+,27+,29+/m1/s1. The highest BCUT2D eigenvalue weighted by atomic mass is 19.1. The van der Waals surface area contributed by atoms with E-state index in [1.165, 1.54) is 19.6 Å². The molecule has 3 saturated carbocycles. The van der Waals surface area contributed by atoms with Gasteiger partial charge in [-0.25, -0.2) is 14.2 Å². The van der Waals surface area contributed by atoms with Crippen LogP contribution in [0.2, 0.25) is 0 Å². The van der Waals surface area contributed by atoms with E-state index >= 15 is 0 Å². The number of hydrogen-bond acceptors (Lipinski definition) is 5. The Labute approximate surface area is 257 Å². The SMILES string of the molecule is COc1ccc(CCn2c(=O)[nH]c3cc(NC(=N[C@H]4C[C@@H]5C[C@@H]([C@H]4C)C5(C)C)N4C[C@@H](C)N[C@@H](C)C4)ccc3c2=O)c(F)c1. The van der Waals surface area contributed by atoms with Gasteiger partial charge in [-0.15, -0.1) is 0 Å². The van der Waals surface area contributed by atoms with Crippen molar-refractivity contribution >= 4 is 22.5 Å². The van der Waals surface area contributed by atoms with Crippen LogP contribution in [0.25, 0.3) is 10.9 Å². The number of rotatable bonds is 6. The van der Waals surface area contributed by atoms with Gasteiger partial charge in [0.2, 0.25) is 0 Å². The molecule has 9 nitrogen and oxygen atoms in total. The second kappa shape index (κ2) is 11.7. The summed E-state index contributed by atoms with van der Waals surface area (Å²) >= 11 is 0. The molecule has 236 valence electrons. The van der Waals surface area contributed by atoms with Crippen molar-refractivity contribution in [3.8, 4) is 5.75 Å². The van der Waals surface area contributed by atoms with Crippen molar-refractivity contribution in [1.29, 1.82) is 0 Å². The third-order valence-corrected chi connectivity index (χ3v) is 10.6. The van der Waals surface area contributed by atoms with E-state index in [0.717, 1.165) is 35.7 Å². The molecule has 4 aliphatic rings. The molecule has 0 amide bonds. The highest BCUT2D eigenvalue weighted by Crippen LogP contribution is 2.61. The van der Waals surface area contributed by atoms with Gasteiger partial charge in [0.25, 0.3) is 5.56 Å². The summed E-state index contributed by atoms with van der Waals surface area (Å²) in [7, 11) is 1.48. The van der Waals surface area contributed by atoms with Crippen molar-refractivity contribution in [2.75, 3.05) is 25.5 Å². The number of aromatic amines is 1. The van der Waals surface area contributed by atoms with Crippen molar-refractivity contribution in [3.63, 3.8) is 0 Å². The summed E-state index contributed by atoms with van der Waals surface area (Å²) in [6.45, 7) is 13.3. The topological polar surface area (TPSA) is 104 Å². The largest absolute Gasteiger partial charge is 0.497 e. The first-order valence-electron chi connectivity index (χ1n) is 15.9. The lowest BCUT2D eigenvalue weighted by Gasteiger charge is -2.61. The average molecular weight is 605 g/mol. The van der Waals surface area contributed by atoms with E-state index in [0.29, 0.717) is 57.5 Å². The molecular weight excluding hydrogens is 559 g/mol. The maximum absolute atomic E-state index is 14.5. The number of nitrogens with zero attached hydrogens (tertiary/aromatic N) is 3. The minimum absolute atomic E-state index is 0.0574. The summed E-state index contributed by atoms with van der Waals surface area (Å²) < 4.78 is 20.7. The molecule has 3 N–H and O–H groups in total. The molecule has 0 unspecified atom stereocenters. The third-order valence-electron chi connectivity index (χ3n) is 10.6. The Balaban J connectivity index is 1.27. The first-order valence-corrected chi connectivity index (χ1v) is 15.9. The van der Waals surface area contributed by atoms with Crippen molar-refractivity contribution in [3.05, 3.63) is 68.6 Å². The number of ether oxygens (including phenoxy) is 1. The Morgan fingerprint density at radius 2 is 1.84 bits per heavy atom. The molecule has 7 rings (SSSR count). The number of halogens is 1. The van der Waals surface area contributed by atoms with Crippen LogP contribution >= 0.6 is 0 Å². The number of methoxy groups -OCH3 is 1. The number of H-pyrrole nitrogens is 1. The van der Waals surface area contributed by atoms with Crippen molar-refractivity contribution in [2.24, 2.45) is 28.2 Å². The monoisotopic (exact) mass is 604 g/mol. The van der Waals surface area contributed by atoms with E-state index < -0.39 is 17.1 Å². The number of benzene rings is 2. The van der Waals surface area contributed by atoms with Gasteiger partial charge in [-0.05, 0) is 86.1 Å². The van der Waals surface area contributed by atoms with E-state index in [1.807, 2.05) is 6.07 Å². The second-order valence-corrected chi connectivity index (χ2v) is 13.8. The fourth-order valence-electron chi connectivity index (χ4n) is 7.90. The molecule has 4 fully saturated rings. The van der Waals surface area contributed by atoms with Crippen LogP contribution in [-0.4, -0.2) is 58.7 Å². The molecule has 1 saturated heterocycles. The molecule has 2 heterocycles. The molecule has 10 heteroatoms. The molecule has 1 aliphatic heterocycles. The zero-order valence-corrected chi connectivity index (χ0v) is 26.6. The molecule has 1 aromatic heterocycles. The minimum atomic E-state index is -0.523. The maximum atomic E-state index is 14.5. The highest BCUT2D eigenvalue weighted by molar-refractivity contribution is 5.96. The lowest BCUT2D eigenvalue weighted by molar-refractivity contribution is -0.108. The van der Waals surface area contributed by atoms with Crippen LogP contribution < -0.4 is 26.6 Å². The van der Waals surface area contributed by atoms with Gasteiger partial charge in [-0.3, -0.25) is 9.36 Å². The Morgan fingerprint density at radius 1 is 1.09 bits per heavy atom. The predicted octanol–water partition coefficient (Wildman–Crippen LogP) is 4.60. The van der Waals surface area contributed by atoms with Crippen LogP contribution in [0, 0.1) is 29.0 Å². The van der Waals surface area contributed by atoms with Crippen LogP contribution in [-0.2, 0) is 13.0 Å². The Morgan fingerprint density at radius 3 is 2.50 bits per heavy atom. The summed E-state index contributed by atoms with van der Waals surface area (Å²) in [4.78, 5) is 37.0. The van der Waals surface area contributed by atoms with Crippen LogP contribution in [0.15, 0.2) is 51.0 Å². The fraction of sp³-hybridized carbons (Fsp3) is 0.559. The van der Waals surface area contributed by atoms with Crippen LogP contribution in [0.5, 0.6) is 5.75 Å². The molecule has 0 radical (unpaired) electrons. The Hall–Kier alpha value is -3.66. The number of aromatic nitrogens is 2. The zero-order valence-electron chi connectivity index (χ0n) is 26.6. The van der Waals surface area contributed by atoms with Crippen molar-refractivity contribution in [2.45, 2.75) is 78.6 Å². The molecular formula is C34H45FN6O3. The molecule has 2 aromatic carbocycles. The van der Waals surface area contributed by atoms with Crippen LogP contribution in [0.3, 0.4) is 0 Å². The van der Waals surface area contributed by atoms with Gasteiger partial charge in [0, 0.05) is 43.5 Å². The number of piperazine rings is 1. The molecule has 44 heavy (non-hydrogen) atoms. The van der Waals surface area contributed by atoms with Gasteiger partial charge in [-0.2, -0.15) is 0 Å². The summed E-state index contributed by atoms with van der Waals surface area (Å²) in [5.41, 5.74) is 1.08. The van der Waals surface area contributed by atoms with Gasteiger partial charge in [0.15, 0.2) is 5.96 Å². The third kappa shape index (κ3) is 5.64. The molecule has 3 aromatic rings. The lowest BCUT2D eigenvalue weighted by Crippen LogP contribution is -2.59. The van der Waals surface area contributed by atoms with Crippen LogP contribution in [0.1, 0.15) is 53.0 Å². The highest BCUT2D eigenvalue weighted by Gasteiger charge is 2.56. The maximum Gasteiger partial charge on any atom is 0.328 e. The Kier molecular flexibility index (Phi) is 8.07. The minimum Gasteiger partial charge on any atom is -0.497 e. The first-order chi connectivity index (χ1) is 20.9. The molecule has 0 spiro atoms. The summed E-state index contributed by atoms with van der Waals surface area (Å²) in [6.07, 6.45) is 2.59. The van der Waals surface area contributed by atoms with Gasteiger partial charge >= 0.3 is 5.69 Å². The smallest absolute Gasteiger partial charge is 0.328 e. The number of aliphatic imine (C=N–C) groups is 1.